The van der Waals surface area contributed by atoms with Crippen LogP contribution in [-0.4, -0.2) is 18.3 Å². The minimum absolute atomic E-state index is 0.0254. The van der Waals surface area contributed by atoms with Crippen LogP contribution < -0.4 is 0 Å². The maximum absolute atomic E-state index is 12.5. The average Bonchev–Trinajstić information content (AvgIpc) is 1.83. The third-order valence-corrected chi connectivity index (χ3v) is 1.45. The molecular formula is C7H10F6. The van der Waals surface area contributed by atoms with Gasteiger partial charge in [-0.05, 0) is 0 Å². The minimum Gasteiger partial charge on any atom is -0.237 e. The quantitative estimate of drug-likeness (QED) is 0.618. The van der Waals surface area contributed by atoms with Gasteiger partial charge < -0.3 is 0 Å². The first-order valence-electron chi connectivity index (χ1n) is 3.77. The summed E-state index contributed by atoms with van der Waals surface area (Å²) >= 11 is 0. The van der Waals surface area contributed by atoms with Crippen molar-refractivity contribution in [2.75, 3.05) is 0 Å². The second-order valence-corrected chi connectivity index (χ2v) is 2.82. The molecule has 0 aromatic carbocycles. The number of halogens is 6. The smallest absolute Gasteiger partial charge is 0.237 e. The highest BCUT2D eigenvalue weighted by atomic mass is 19.4. The number of rotatable bonds is 4. The fourth-order valence-electron chi connectivity index (χ4n) is 0.846. The van der Waals surface area contributed by atoms with Gasteiger partial charge in [-0.2, -0.15) is 13.2 Å². The van der Waals surface area contributed by atoms with Crippen molar-refractivity contribution < 1.29 is 26.3 Å². The van der Waals surface area contributed by atoms with Crippen molar-refractivity contribution in [2.24, 2.45) is 0 Å². The maximum atomic E-state index is 12.5. The second-order valence-electron chi connectivity index (χ2n) is 2.82. The lowest BCUT2D eigenvalue weighted by molar-refractivity contribution is -0.199. The zero-order chi connectivity index (χ0) is 10.7. The van der Waals surface area contributed by atoms with E-state index >= 15 is 0 Å². The molecule has 0 radical (unpaired) electrons. The Morgan fingerprint density at radius 1 is 1.08 bits per heavy atom. The molecule has 80 valence electrons. The predicted molar refractivity (Wildman–Crippen MR) is 35.4 cm³/mol. The molecule has 13 heavy (non-hydrogen) atoms. The Morgan fingerprint density at radius 2 is 1.54 bits per heavy atom. The van der Waals surface area contributed by atoms with Crippen molar-refractivity contribution >= 4 is 0 Å². The fraction of sp³-hybridized carbons (Fsp3) is 1.00. The van der Waals surface area contributed by atoms with Gasteiger partial charge in [0.15, 0.2) is 0 Å². The van der Waals surface area contributed by atoms with Gasteiger partial charge >= 0.3 is 6.18 Å². The maximum Gasteiger partial charge on any atom is 0.419 e. The molecule has 0 saturated carbocycles. The van der Waals surface area contributed by atoms with Gasteiger partial charge in [-0.15, -0.1) is 0 Å². The molecule has 0 N–H and O–H groups in total. The molecule has 0 aromatic heterocycles. The van der Waals surface area contributed by atoms with Gasteiger partial charge in [0.25, 0.3) is 5.92 Å². The van der Waals surface area contributed by atoms with E-state index in [1.165, 1.54) is 6.92 Å². The summed E-state index contributed by atoms with van der Waals surface area (Å²) in [5.41, 5.74) is 0. The van der Waals surface area contributed by atoms with Crippen molar-refractivity contribution in [2.45, 2.75) is 44.5 Å². The topological polar surface area (TPSA) is 0 Å². The van der Waals surface area contributed by atoms with Crippen LogP contribution in [-0.2, 0) is 0 Å². The van der Waals surface area contributed by atoms with Crippen LogP contribution >= 0.6 is 0 Å². The average molecular weight is 208 g/mol. The predicted octanol–water partition coefficient (Wildman–Crippen LogP) is 3.71. The van der Waals surface area contributed by atoms with Gasteiger partial charge in [-0.3, -0.25) is 0 Å². The normalized spacial score (nSPS) is 15.9. The lowest BCUT2D eigenvalue weighted by Crippen LogP contribution is -2.31. The second kappa shape index (κ2) is 4.19. The summed E-state index contributed by atoms with van der Waals surface area (Å²) in [6.07, 6.45) is -11.1. The highest BCUT2D eigenvalue weighted by Crippen LogP contribution is 2.34. The van der Waals surface area contributed by atoms with E-state index in [-0.39, 0.29) is 6.42 Å². The SMILES string of the molecule is CCCC(F)(F)C[C@H](F)C(F)(F)F. The summed E-state index contributed by atoms with van der Waals surface area (Å²) in [5.74, 6) is -3.57. The zero-order valence-corrected chi connectivity index (χ0v) is 6.97. The van der Waals surface area contributed by atoms with Crippen LogP contribution in [0.15, 0.2) is 0 Å². The summed E-state index contributed by atoms with van der Waals surface area (Å²) in [6, 6.07) is 0. The van der Waals surface area contributed by atoms with E-state index in [9.17, 15) is 26.3 Å². The molecule has 0 unspecified atom stereocenters. The molecule has 0 saturated heterocycles. The van der Waals surface area contributed by atoms with E-state index in [1.54, 1.807) is 0 Å². The summed E-state index contributed by atoms with van der Waals surface area (Å²) in [6.45, 7) is 1.40. The van der Waals surface area contributed by atoms with Crippen molar-refractivity contribution in [3.8, 4) is 0 Å². The van der Waals surface area contributed by atoms with E-state index in [4.69, 9.17) is 0 Å². The first-order valence-corrected chi connectivity index (χ1v) is 3.77. The molecule has 0 fully saturated rings. The van der Waals surface area contributed by atoms with E-state index in [0.29, 0.717) is 0 Å². The van der Waals surface area contributed by atoms with E-state index in [1.807, 2.05) is 0 Å². The molecule has 0 nitrogen and oxygen atoms in total. The molecule has 0 spiro atoms. The Bertz CT molecular complexity index is 150. The van der Waals surface area contributed by atoms with Gasteiger partial charge in [-0.1, -0.05) is 13.3 Å². The molecule has 1 atom stereocenters. The molecule has 0 heterocycles. The molecule has 0 amide bonds. The summed E-state index contributed by atoms with van der Waals surface area (Å²) in [5, 5.41) is 0. The third-order valence-electron chi connectivity index (χ3n) is 1.45. The lowest BCUT2D eigenvalue weighted by atomic mass is 10.1. The fourth-order valence-corrected chi connectivity index (χ4v) is 0.846. The minimum atomic E-state index is -5.18. The summed E-state index contributed by atoms with van der Waals surface area (Å²) < 4.78 is 71.6. The Balaban J connectivity index is 4.11. The van der Waals surface area contributed by atoms with E-state index in [2.05, 4.69) is 0 Å². The van der Waals surface area contributed by atoms with Gasteiger partial charge in [0, 0.05) is 6.42 Å². The highest BCUT2D eigenvalue weighted by molar-refractivity contribution is 4.75. The molecule has 0 aromatic rings. The van der Waals surface area contributed by atoms with Crippen molar-refractivity contribution in [3.63, 3.8) is 0 Å². The Morgan fingerprint density at radius 3 is 1.85 bits per heavy atom. The van der Waals surface area contributed by atoms with E-state index in [0.717, 1.165) is 0 Å². The number of hydrogen-bond donors (Lipinski definition) is 0. The Kier molecular flexibility index (Phi) is 4.06. The highest BCUT2D eigenvalue weighted by Gasteiger charge is 2.46. The zero-order valence-electron chi connectivity index (χ0n) is 6.97. The van der Waals surface area contributed by atoms with Crippen LogP contribution in [0.4, 0.5) is 26.3 Å². The van der Waals surface area contributed by atoms with Crippen LogP contribution in [0, 0.1) is 0 Å². The van der Waals surface area contributed by atoms with Gasteiger partial charge in [0.2, 0.25) is 6.17 Å². The van der Waals surface area contributed by atoms with Crippen LogP contribution in [0.3, 0.4) is 0 Å². The Labute approximate surface area is 71.9 Å². The molecule has 0 bridgehead atoms. The van der Waals surface area contributed by atoms with Crippen LogP contribution in [0.1, 0.15) is 26.2 Å². The number of hydrogen-bond acceptors (Lipinski definition) is 0. The Hall–Kier alpha value is -0.420. The van der Waals surface area contributed by atoms with Gasteiger partial charge in [0.1, 0.15) is 0 Å². The first kappa shape index (κ1) is 12.6. The molecule has 0 aliphatic carbocycles. The number of alkyl halides is 6. The van der Waals surface area contributed by atoms with Gasteiger partial charge in [0.05, 0.1) is 6.42 Å². The molecule has 6 heteroatoms. The molecule has 0 aliphatic rings. The molecule has 0 rings (SSSR count). The summed E-state index contributed by atoms with van der Waals surface area (Å²) in [4.78, 5) is 0. The third kappa shape index (κ3) is 5.00. The largest absolute Gasteiger partial charge is 0.419 e. The van der Waals surface area contributed by atoms with Crippen molar-refractivity contribution in [3.05, 3.63) is 0 Å². The van der Waals surface area contributed by atoms with E-state index < -0.39 is 31.1 Å². The molecule has 0 aliphatic heterocycles. The van der Waals surface area contributed by atoms with Crippen LogP contribution in [0.25, 0.3) is 0 Å². The first-order chi connectivity index (χ1) is 5.69. The lowest BCUT2D eigenvalue weighted by Gasteiger charge is -2.19. The van der Waals surface area contributed by atoms with Crippen LogP contribution in [0.5, 0.6) is 0 Å². The standard InChI is InChI=1S/C7H10F6/c1-2-3-6(9,10)4-5(8)7(11,12)13/h5H,2-4H2,1H3/t5-/m0/s1. The van der Waals surface area contributed by atoms with Crippen molar-refractivity contribution in [1.82, 2.24) is 0 Å². The monoisotopic (exact) mass is 208 g/mol. The summed E-state index contributed by atoms with van der Waals surface area (Å²) in [7, 11) is 0. The van der Waals surface area contributed by atoms with Gasteiger partial charge in [-0.25, -0.2) is 13.2 Å². The van der Waals surface area contributed by atoms with Crippen molar-refractivity contribution in [1.29, 1.82) is 0 Å². The molecular weight excluding hydrogens is 198 g/mol. The van der Waals surface area contributed by atoms with Crippen LogP contribution in [0.2, 0.25) is 0 Å².